The van der Waals surface area contributed by atoms with Gasteiger partial charge in [-0.2, -0.15) is 0 Å². The molecule has 2 atom stereocenters. The van der Waals surface area contributed by atoms with Gasteiger partial charge in [-0.1, -0.05) is 13.8 Å². The molecule has 0 fully saturated rings. The third-order valence-corrected chi connectivity index (χ3v) is 2.68. The number of rotatable bonds is 1. The largest absolute Gasteiger partial charge is 0.241 e. The van der Waals surface area contributed by atoms with Crippen molar-refractivity contribution in [3.8, 4) is 0 Å². The topological polar surface area (TPSA) is 25.8 Å². The van der Waals surface area contributed by atoms with E-state index in [4.69, 9.17) is 0 Å². The number of alkyl halides is 1. The zero-order chi connectivity index (χ0) is 9.42. The highest BCUT2D eigenvalue weighted by atomic mass is 19.1. The lowest BCUT2D eigenvalue weighted by Crippen LogP contribution is -2.00. The summed E-state index contributed by atoms with van der Waals surface area (Å²) in [5, 5.41) is 0. The van der Waals surface area contributed by atoms with Crippen LogP contribution in [0.25, 0.3) is 0 Å². The fourth-order valence-corrected chi connectivity index (χ4v) is 2.06. The number of aryl methyl sites for hydroxylation is 1. The van der Waals surface area contributed by atoms with Crippen LogP contribution in [0.1, 0.15) is 49.3 Å². The summed E-state index contributed by atoms with van der Waals surface area (Å²) in [5.74, 6) is 0.279. The van der Waals surface area contributed by atoms with Gasteiger partial charge in [0.2, 0.25) is 0 Å². The summed E-state index contributed by atoms with van der Waals surface area (Å²) in [7, 11) is 0. The molecule has 0 amide bonds. The Morgan fingerprint density at radius 1 is 1.54 bits per heavy atom. The molecule has 3 heteroatoms. The average Bonchev–Trinajstić information content (AvgIpc) is 2.43. The predicted octanol–water partition coefficient (Wildman–Crippen LogP) is 2.56. The molecule has 2 rings (SSSR count). The minimum atomic E-state index is -0.877. The molecule has 0 aliphatic heterocycles. The van der Waals surface area contributed by atoms with Crippen LogP contribution < -0.4 is 0 Å². The van der Waals surface area contributed by atoms with Gasteiger partial charge in [-0.05, 0) is 18.8 Å². The molecule has 0 radical (unpaired) electrons. The van der Waals surface area contributed by atoms with Crippen LogP contribution in [0.5, 0.6) is 0 Å². The van der Waals surface area contributed by atoms with E-state index in [0.29, 0.717) is 12.1 Å². The Hall–Kier alpha value is -0.990. The molecule has 1 aliphatic rings. The van der Waals surface area contributed by atoms with Gasteiger partial charge in [0.05, 0.1) is 5.69 Å². The number of hydrogen-bond donors (Lipinski definition) is 0. The van der Waals surface area contributed by atoms with Crippen molar-refractivity contribution in [2.75, 3.05) is 0 Å². The van der Waals surface area contributed by atoms with E-state index in [-0.39, 0.29) is 5.92 Å². The lowest BCUT2D eigenvalue weighted by atomic mass is 10.0. The third kappa shape index (κ3) is 1.23. The van der Waals surface area contributed by atoms with Gasteiger partial charge in [-0.15, -0.1) is 0 Å². The lowest BCUT2D eigenvalue weighted by molar-refractivity contribution is 0.326. The van der Waals surface area contributed by atoms with Gasteiger partial charge in [0, 0.05) is 11.3 Å². The van der Waals surface area contributed by atoms with E-state index in [2.05, 4.69) is 9.97 Å². The third-order valence-electron chi connectivity index (χ3n) is 2.68. The lowest BCUT2D eigenvalue weighted by Gasteiger charge is -2.07. The van der Waals surface area contributed by atoms with Crippen LogP contribution in [0.3, 0.4) is 0 Å². The molecule has 0 bridgehead atoms. The molecule has 1 aromatic rings. The monoisotopic (exact) mass is 180 g/mol. The zero-order valence-corrected chi connectivity index (χ0v) is 7.92. The van der Waals surface area contributed by atoms with Gasteiger partial charge in [-0.25, -0.2) is 14.4 Å². The molecular weight excluding hydrogens is 167 g/mol. The molecule has 1 aromatic heterocycles. The molecule has 0 saturated carbocycles. The first-order chi connectivity index (χ1) is 6.24. The molecule has 1 heterocycles. The smallest absolute Gasteiger partial charge is 0.143 e. The highest BCUT2D eigenvalue weighted by Gasteiger charge is 2.31. The minimum Gasteiger partial charge on any atom is -0.241 e. The molecule has 0 aromatic carbocycles. The molecule has 70 valence electrons. The number of halogens is 1. The first kappa shape index (κ1) is 8.60. The van der Waals surface area contributed by atoms with Crippen molar-refractivity contribution in [1.82, 2.24) is 9.97 Å². The molecule has 0 saturated heterocycles. The molecule has 13 heavy (non-hydrogen) atoms. The fraction of sp³-hybridized carbons (Fsp3) is 0.600. The highest BCUT2D eigenvalue weighted by Crippen LogP contribution is 2.41. The zero-order valence-electron chi connectivity index (χ0n) is 7.92. The standard InChI is InChI=1S/C10H13FN2/c1-3-8-9-6(2)4-7(11)10(9)13-5-12-8/h5-7H,3-4H2,1-2H3/t6-,7+/m0/s1. The van der Waals surface area contributed by atoms with Crippen LogP contribution in [0.2, 0.25) is 0 Å². The number of hydrogen-bond acceptors (Lipinski definition) is 2. The normalized spacial score (nSPS) is 26.1. The van der Waals surface area contributed by atoms with E-state index in [1.54, 1.807) is 0 Å². The summed E-state index contributed by atoms with van der Waals surface area (Å²) in [5.41, 5.74) is 2.69. The van der Waals surface area contributed by atoms with Gasteiger partial charge >= 0.3 is 0 Å². The minimum absolute atomic E-state index is 0.279. The maximum absolute atomic E-state index is 13.4. The van der Waals surface area contributed by atoms with Crippen molar-refractivity contribution in [3.63, 3.8) is 0 Å². The fourth-order valence-electron chi connectivity index (χ4n) is 2.06. The molecule has 2 nitrogen and oxygen atoms in total. The summed E-state index contributed by atoms with van der Waals surface area (Å²) < 4.78 is 13.4. The van der Waals surface area contributed by atoms with E-state index < -0.39 is 6.17 Å². The Morgan fingerprint density at radius 3 is 3.00 bits per heavy atom. The second-order valence-electron chi connectivity index (χ2n) is 3.58. The van der Waals surface area contributed by atoms with Gasteiger partial charge in [-0.3, -0.25) is 0 Å². The van der Waals surface area contributed by atoms with Crippen molar-refractivity contribution < 1.29 is 4.39 Å². The van der Waals surface area contributed by atoms with Gasteiger partial charge in [0.1, 0.15) is 12.5 Å². The number of aromatic nitrogens is 2. The Morgan fingerprint density at radius 2 is 2.31 bits per heavy atom. The van der Waals surface area contributed by atoms with E-state index in [1.165, 1.54) is 6.33 Å². The summed E-state index contributed by atoms with van der Waals surface area (Å²) in [4.78, 5) is 8.19. The Balaban J connectivity index is 2.55. The van der Waals surface area contributed by atoms with Crippen molar-refractivity contribution in [2.45, 2.75) is 38.8 Å². The van der Waals surface area contributed by atoms with Crippen LogP contribution in [0.4, 0.5) is 4.39 Å². The first-order valence-corrected chi connectivity index (χ1v) is 4.71. The number of fused-ring (bicyclic) bond motifs is 1. The molecular formula is C10H13FN2. The Kier molecular flexibility index (Phi) is 2.02. The SMILES string of the molecule is CCc1ncnc2c1[C@@H](C)C[C@H]2F. The summed E-state index contributed by atoms with van der Waals surface area (Å²) in [6.45, 7) is 4.09. The first-order valence-electron chi connectivity index (χ1n) is 4.71. The van der Waals surface area contributed by atoms with E-state index in [0.717, 1.165) is 17.7 Å². The van der Waals surface area contributed by atoms with Crippen molar-refractivity contribution in [3.05, 3.63) is 23.3 Å². The van der Waals surface area contributed by atoms with Gasteiger partial charge < -0.3 is 0 Å². The number of nitrogens with zero attached hydrogens (tertiary/aromatic N) is 2. The van der Waals surface area contributed by atoms with Crippen molar-refractivity contribution >= 4 is 0 Å². The molecule has 1 aliphatic carbocycles. The summed E-state index contributed by atoms with van der Waals surface area (Å²) in [6.07, 6.45) is 2.03. The average molecular weight is 180 g/mol. The van der Waals surface area contributed by atoms with Crippen LogP contribution in [-0.4, -0.2) is 9.97 Å². The second-order valence-corrected chi connectivity index (χ2v) is 3.58. The second kappa shape index (κ2) is 3.05. The molecule has 0 spiro atoms. The molecule has 0 unspecified atom stereocenters. The Labute approximate surface area is 77.2 Å². The van der Waals surface area contributed by atoms with Crippen LogP contribution in [0, 0.1) is 0 Å². The molecule has 0 N–H and O–H groups in total. The van der Waals surface area contributed by atoms with E-state index in [9.17, 15) is 4.39 Å². The van der Waals surface area contributed by atoms with Crippen LogP contribution in [-0.2, 0) is 6.42 Å². The predicted molar refractivity (Wildman–Crippen MR) is 48.3 cm³/mol. The van der Waals surface area contributed by atoms with Crippen molar-refractivity contribution in [1.29, 1.82) is 0 Å². The van der Waals surface area contributed by atoms with Gasteiger partial charge in [0.25, 0.3) is 0 Å². The van der Waals surface area contributed by atoms with Crippen LogP contribution in [0.15, 0.2) is 6.33 Å². The van der Waals surface area contributed by atoms with E-state index in [1.807, 2.05) is 13.8 Å². The van der Waals surface area contributed by atoms with Crippen LogP contribution >= 0.6 is 0 Å². The maximum atomic E-state index is 13.4. The maximum Gasteiger partial charge on any atom is 0.143 e. The quantitative estimate of drug-likeness (QED) is 0.663. The summed E-state index contributed by atoms with van der Waals surface area (Å²) >= 11 is 0. The Bertz CT molecular complexity index is 325. The highest BCUT2D eigenvalue weighted by molar-refractivity contribution is 5.34. The summed E-state index contributed by atoms with van der Waals surface area (Å²) in [6, 6.07) is 0. The van der Waals surface area contributed by atoms with Crippen molar-refractivity contribution in [2.24, 2.45) is 0 Å². The van der Waals surface area contributed by atoms with Gasteiger partial charge in [0.15, 0.2) is 0 Å². The van der Waals surface area contributed by atoms with E-state index >= 15 is 0 Å².